The monoisotopic (exact) mass is 371 g/mol. The molecule has 1 aliphatic heterocycles. The van der Waals surface area contributed by atoms with Crippen LogP contribution in [-0.4, -0.2) is 39.0 Å². The molecule has 1 saturated carbocycles. The van der Waals surface area contributed by atoms with E-state index in [9.17, 15) is 14.4 Å². The Bertz CT molecular complexity index is 849. The first-order valence-corrected chi connectivity index (χ1v) is 9.21. The number of rotatable bonds is 6. The van der Waals surface area contributed by atoms with E-state index in [1.165, 1.54) is 11.3 Å². The fourth-order valence-corrected chi connectivity index (χ4v) is 3.70. The molecule has 134 valence electrons. The summed E-state index contributed by atoms with van der Waals surface area (Å²) in [6.07, 6.45) is 2.10. The first kappa shape index (κ1) is 16.6. The number of imide groups is 1. The number of hydrogen-bond acceptors (Lipinski definition) is 6. The summed E-state index contributed by atoms with van der Waals surface area (Å²) in [5, 5.41) is 14.6. The van der Waals surface area contributed by atoms with Gasteiger partial charge in [-0.05, 0) is 18.4 Å². The molecule has 26 heavy (non-hydrogen) atoms. The Morgan fingerprint density at radius 2 is 2.00 bits per heavy atom. The Hall–Kier alpha value is -2.81. The molecule has 2 N–H and O–H groups in total. The zero-order valence-electron chi connectivity index (χ0n) is 13.8. The molecule has 0 radical (unpaired) electrons. The van der Waals surface area contributed by atoms with Crippen molar-refractivity contribution in [2.24, 2.45) is 0 Å². The van der Waals surface area contributed by atoms with Gasteiger partial charge in [0, 0.05) is 5.92 Å². The third-order valence-corrected chi connectivity index (χ3v) is 5.29. The summed E-state index contributed by atoms with van der Waals surface area (Å²) < 4.78 is 0. The van der Waals surface area contributed by atoms with Gasteiger partial charge in [-0.15, -0.1) is 10.2 Å². The molecule has 2 aromatic rings. The lowest BCUT2D eigenvalue weighted by Gasteiger charge is -2.12. The molecule has 1 saturated heterocycles. The summed E-state index contributed by atoms with van der Waals surface area (Å²) in [5.74, 6) is -0.297. The topological polar surface area (TPSA) is 104 Å². The quantitative estimate of drug-likeness (QED) is 0.754. The van der Waals surface area contributed by atoms with Crippen molar-refractivity contribution in [2.75, 3.05) is 5.32 Å². The van der Waals surface area contributed by atoms with Crippen molar-refractivity contribution >= 4 is 34.3 Å². The number of urea groups is 1. The minimum absolute atomic E-state index is 0.131. The van der Waals surface area contributed by atoms with Crippen LogP contribution < -0.4 is 10.6 Å². The van der Waals surface area contributed by atoms with Crippen molar-refractivity contribution in [1.82, 2.24) is 20.4 Å². The molecule has 0 spiro atoms. The van der Waals surface area contributed by atoms with Crippen molar-refractivity contribution < 1.29 is 14.4 Å². The van der Waals surface area contributed by atoms with Gasteiger partial charge < -0.3 is 10.6 Å². The van der Waals surface area contributed by atoms with E-state index in [-0.39, 0.29) is 18.9 Å². The summed E-state index contributed by atoms with van der Waals surface area (Å²) in [4.78, 5) is 37.8. The molecule has 9 heteroatoms. The number of nitrogens with zero attached hydrogens (tertiary/aromatic N) is 3. The number of carbonyl (C=O) groups excluding carboxylic acids is 3. The van der Waals surface area contributed by atoms with Gasteiger partial charge >= 0.3 is 6.03 Å². The highest BCUT2D eigenvalue weighted by molar-refractivity contribution is 7.15. The Labute approximate surface area is 153 Å². The SMILES string of the molecule is O=C(CC1NC(=O)N(Cc2ccccc2)C1=O)Nc1nnc(C2CC2)s1. The molecular formula is C17H17N5O3S. The molecular weight excluding hydrogens is 354 g/mol. The molecule has 1 aromatic carbocycles. The van der Waals surface area contributed by atoms with Crippen LogP contribution in [0, 0.1) is 0 Å². The largest absolute Gasteiger partial charge is 0.325 e. The van der Waals surface area contributed by atoms with E-state index >= 15 is 0 Å². The van der Waals surface area contributed by atoms with Crippen molar-refractivity contribution in [3.05, 3.63) is 40.9 Å². The summed E-state index contributed by atoms with van der Waals surface area (Å²) >= 11 is 1.36. The van der Waals surface area contributed by atoms with Crippen molar-refractivity contribution in [2.45, 2.75) is 37.8 Å². The number of hydrogen-bond donors (Lipinski definition) is 2. The highest BCUT2D eigenvalue weighted by Crippen LogP contribution is 2.42. The molecule has 2 aliphatic rings. The van der Waals surface area contributed by atoms with Gasteiger partial charge in [0.15, 0.2) is 0 Å². The van der Waals surface area contributed by atoms with Gasteiger partial charge in [-0.3, -0.25) is 14.5 Å². The highest BCUT2D eigenvalue weighted by Gasteiger charge is 2.39. The van der Waals surface area contributed by atoms with Crippen LogP contribution in [-0.2, 0) is 16.1 Å². The second-order valence-electron chi connectivity index (χ2n) is 6.38. The Morgan fingerprint density at radius 3 is 2.73 bits per heavy atom. The van der Waals surface area contributed by atoms with Crippen LogP contribution in [0.3, 0.4) is 0 Å². The molecule has 8 nitrogen and oxygen atoms in total. The maximum absolute atomic E-state index is 12.4. The average Bonchev–Trinajstić information content (AvgIpc) is 3.33. The number of anilines is 1. The van der Waals surface area contributed by atoms with Crippen LogP contribution in [0.5, 0.6) is 0 Å². The van der Waals surface area contributed by atoms with Crippen molar-refractivity contribution in [1.29, 1.82) is 0 Å². The zero-order chi connectivity index (χ0) is 18.1. The second kappa shape index (κ2) is 6.83. The second-order valence-corrected chi connectivity index (χ2v) is 7.39. The van der Waals surface area contributed by atoms with E-state index in [1.54, 1.807) is 0 Å². The summed E-state index contributed by atoms with van der Waals surface area (Å²) in [5.41, 5.74) is 0.850. The molecule has 4 amide bonds. The van der Waals surface area contributed by atoms with E-state index in [1.807, 2.05) is 30.3 Å². The zero-order valence-corrected chi connectivity index (χ0v) is 14.7. The lowest BCUT2D eigenvalue weighted by molar-refractivity contribution is -0.130. The average molecular weight is 371 g/mol. The minimum atomic E-state index is -0.859. The van der Waals surface area contributed by atoms with E-state index in [2.05, 4.69) is 20.8 Å². The van der Waals surface area contributed by atoms with Crippen LogP contribution in [0.15, 0.2) is 30.3 Å². The van der Waals surface area contributed by atoms with Crippen molar-refractivity contribution in [3.8, 4) is 0 Å². The normalized spacial score (nSPS) is 19.5. The third kappa shape index (κ3) is 3.57. The minimum Gasteiger partial charge on any atom is -0.325 e. The molecule has 1 aliphatic carbocycles. The van der Waals surface area contributed by atoms with Crippen molar-refractivity contribution in [3.63, 3.8) is 0 Å². The number of nitrogens with one attached hydrogen (secondary N) is 2. The highest BCUT2D eigenvalue weighted by atomic mass is 32.1. The predicted octanol–water partition coefficient (Wildman–Crippen LogP) is 1.86. The summed E-state index contributed by atoms with van der Waals surface area (Å²) in [7, 11) is 0. The standard InChI is InChI=1S/C17H17N5O3S/c23-13(19-16-21-20-14(26-16)11-6-7-11)8-12-15(24)22(17(25)18-12)9-10-4-2-1-3-5-10/h1-5,11-12H,6-9H2,(H,18,25)(H,19,21,23). The summed E-state index contributed by atoms with van der Waals surface area (Å²) in [6.45, 7) is 0.185. The van der Waals surface area contributed by atoms with Crippen LogP contribution >= 0.6 is 11.3 Å². The first-order valence-electron chi connectivity index (χ1n) is 8.39. The Kier molecular flexibility index (Phi) is 4.37. The van der Waals surface area contributed by atoms with E-state index in [0.29, 0.717) is 11.0 Å². The summed E-state index contributed by atoms with van der Waals surface area (Å²) in [6, 6.07) is 7.89. The van der Waals surface area contributed by atoms with E-state index in [4.69, 9.17) is 0 Å². The Morgan fingerprint density at radius 1 is 1.23 bits per heavy atom. The third-order valence-electron chi connectivity index (χ3n) is 4.29. The van der Waals surface area contributed by atoms with Gasteiger partial charge in [0.1, 0.15) is 11.0 Å². The number of benzene rings is 1. The maximum atomic E-state index is 12.4. The van der Waals surface area contributed by atoms with Gasteiger partial charge in [-0.2, -0.15) is 0 Å². The maximum Gasteiger partial charge on any atom is 0.325 e. The Balaban J connectivity index is 1.34. The molecule has 0 bridgehead atoms. The molecule has 1 aromatic heterocycles. The first-order chi connectivity index (χ1) is 12.6. The van der Waals surface area contributed by atoms with Gasteiger partial charge in [0.2, 0.25) is 11.0 Å². The molecule has 2 fully saturated rings. The van der Waals surface area contributed by atoms with Gasteiger partial charge in [0.25, 0.3) is 5.91 Å². The van der Waals surface area contributed by atoms with Crippen LogP contribution in [0.25, 0.3) is 0 Å². The molecule has 2 heterocycles. The fraction of sp³-hybridized carbons (Fsp3) is 0.353. The number of aromatic nitrogens is 2. The van der Waals surface area contributed by atoms with Gasteiger partial charge in [0.05, 0.1) is 13.0 Å². The number of amides is 4. The van der Waals surface area contributed by atoms with E-state index in [0.717, 1.165) is 28.3 Å². The van der Waals surface area contributed by atoms with Crippen LogP contribution in [0.1, 0.15) is 35.8 Å². The van der Waals surface area contributed by atoms with Gasteiger partial charge in [-0.1, -0.05) is 41.7 Å². The lowest BCUT2D eigenvalue weighted by Crippen LogP contribution is -2.34. The number of carbonyl (C=O) groups is 3. The van der Waals surface area contributed by atoms with Crippen LogP contribution in [0.4, 0.5) is 9.93 Å². The molecule has 1 unspecified atom stereocenters. The lowest BCUT2D eigenvalue weighted by atomic mass is 10.2. The molecule has 4 rings (SSSR count). The smallest absolute Gasteiger partial charge is 0.325 e. The van der Waals surface area contributed by atoms with Gasteiger partial charge in [-0.25, -0.2) is 4.79 Å². The van der Waals surface area contributed by atoms with Crippen LogP contribution in [0.2, 0.25) is 0 Å². The fourth-order valence-electron chi connectivity index (χ4n) is 2.77. The van der Waals surface area contributed by atoms with E-state index < -0.39 is 18.0 Å². The predicted molar refractivity (Wildman–Crippen MR) is 94.4 cm³/mol. The molecule has 1 atom stereocenters.